The van der Waals surface area contributed by atoms with Crippen molar-refractivity contribution in [3.8, 4) is 5.75 Å². The second-order valence-electron chi connectivity index (χ2n) is 5.56. The predicted molar refractivity (Wildman–Crippen MR) is 80.0 cm³/mol. The molecule has 8 nitrogen and oxygen atoms in total. The Kier molecular flexibility index (Phi) is 4.34. The van der Waals surface area contributed by atoms with E-state index >= 15 is 0 Å². The van der Waals surface area contributed by atoms with Crippen molar-refractivity contribution in [3.63, 3.8) is 0 Å². The highest BCUT2D eigenvalue weighted by atomic mass is 19.3. The van der Waals surface area contributed by atoms with Crippen LogP contribution in [0.1, 0.15) is 30.9 Å². The molecule has 3 rings (SSSR count). The molecule has 0 fully saturated rings. The zero-order valence-corrected chi connectivity index (χ0v) is 12.8. The van der Waals surface area contributed by atoms with Gasteiger partial charge in [0.05, 0.1) is 11.0 Å². The maximum absolute atomic E-state index is 12.7. The number of carbonyl (C=O) groups is 2. The molecule has 0 spiro atoms. The first-order valence-electron chi connectivity index (χ1n) is 7.43. The van der Waals surface area contributed by atoms with Gasteiger partial charge in [-0.3, -0.25) is 14.9 Å². The molecule has 1 unspecified atom stereocenters. The van der Waals surface area contributed by atoms with Gasteiger partial charge in [0.15, 0.2) is 5.78 Å². The number of nitro benzene ring substituents is 1. The zero-order chi connectivity index (χ0) is 18.1. The average molecular weight is 353 g/mol. The molecule has 1 aliphatic carbocycles. The number of carbonyl (C=O) groups excluding carboxylic acids is 2. The fourth-order valence-corrected chi connectivity index (χ4v) is 3.02. The molecular weight excluding hydrogens is 340 g/mol. The quantitative estimate of drug-likeness (QED) is 0.638. The van der Waals surface area contributed by atoms with Crippen LogP contribution in [0.3, 0.4) is 0 Å². The van der Waals surface area contributed by atoms with Gasteiger partial charge in [-0.15, -0.1) is 0 Å². The molecule has 10 heteroatoms. The van der Waals surface area contributed by atoms with E-state index in [4.69, 9.17) is 0 Å². The smallest absolute Gasteiger partial charge is 0.387 e. The van der Waals surface area contributed by atoms with Gasteiger partial charge in [-0.2, -0.15) is 8.78 Å². The van der Waals surface area contributed by atoms with Crippen molar-refractivity contribution in [1.82, 2.24) is 10.6 Å². The number of non-ortho nitro benzene ring substituents is 1. The first kappa shape index (κ1) is 16.8. The Hall–Kier alpha value is -3.04. The SMILES string of the molecule is O=C1NC2=C(C(=O)CCC2)C(c2cc([N+](=O)[O-])ccc2OC(F)F)N1. The van der Waals surface area contributed by atoms with E-state index in [-0.39, 0.29) is 34.8 Å². The van der Waals surface area contributed by atoms with E-state index < -0.39 is 23.6 Å². The lowest BCUT2D eigenvalue weighted by atomic mass is 9.85. The molecule has 1 atom stereocenters. The summed E-state index contributed by atoms with van der Waals surface area (Å²) in [5.74, 6) is -0.591. The zero-order valence-electron chi connectivity index (χ0n) is 12.8. The monoisotopic (exact) mass is 353 g/mol. The fraction of sp³-hybridized carbons (Fsp3) is 0.333. The van der Waals surface area contributed by atoms with E-state index in [1.54, 1.807) is 0 Å². The number of amides is 2. The van der Waals surface area contributed by atoms with Crippen molar-refractivity contribution in [2.24, 2.45) is 0 Å². The third-order valence-corrected chi connectivity index (χ3v) is 4.02. The Morgan fingerprint density at radius 3 is 2.72 bits per heavy atom. The molecule has 0 saturated carbocycles. The van der Waals surface area contributed by atoms with Crippen LogP contribution in [0, 0.1) is 10.1 Å². The number of ketones is 1. The van der Waals surface area contributed by atoms with Crippen molar-refractivity contribution >= 4 is 17.5 Å². The number of alkyl halides is 2. The summed E-state index contributed by atoms with van der Waals surface area (Å²) in [7, 11) is 0. The Bertz CT molecular complexity index is 793. The second kappa shape index (κ2) is 6.46. The number of nitro groups is 1. The van der Waals surface area contributed by atoms with E-state index in [0.717, 1.165) is 18.2 Å². The molecule has 25 heavy (non-hydrogen) atoms. The minimum Gasteiger partial charge on any atom is -0.434 e. The summed E-state index contributed by atoms with van der Waals surface area (Å²) in [6.07, 6.45) is 1.25. The molecule has 1 aromatic carbocycles. The minimum absolute atomic E-state index is 0.0629. The third-order valence-electron chi connectivity index (χ3n) is 4.02. The van der Waals surface area contributed by atoms with Crippen LogP contribution in [-0.4, -0.2) is 23.3 Å². The Labute approximate surface area is 140 Å². The standard InChI is InChI=1S/C15H13F2N3O5/c16-14(17)25-11-5-4-7(20(23)24)6-8(11)13-12-9(18-15(22)19-13)2-1-3-10(12)21/h4-6,13-14H,1-3H2,(H2,18,19,22). The molecule has 0 saturated heterocycles. The number of rotatable bonds is 4. The average Bonchev–Trinajstić information content (AvgIpc) is 2.53. The van der Waals surface area contributed by atoms with Crippen molar-refractivity contribution in [2.45, 2.75) is 31.9 Å². The van der Waals surface area contributed by atoms with Gasteiger partial charge in [0, 0.05) is 35.4 Å². The number of nitrogens with zero attached hydrogens (tertiary/aromatic N) is 1. The van der Waals surface area contributed by atoms with Crippen LogP contribution in [0.15, 0.2) is 29.5 Å². The van der Waals surface area contributed by atoms with E-state index in [2.05, 4.69) is 15.4 Å². The molecule has 0 radical (unpaired) electrons. The minimum atomic E-state index is -3.16. The molecule has 2 aliphatic rings. The fourth-order valence-electron chi connectivity index (χ4n) is 3.02. The van der Waals surface area contributed by atoms with Gasteiger partial charge in [-0.25, -0.2) is 4.79 Å². The lowest BCUT2D eigenvalue weighted by Crippen LogP contribution is -2.46. The first-order valence-corrected chi connectivity index (χ1v) is 7.43. The molecule has 1 heterocycles. The van der Waals surface area contributed by atoms with Crippen LogP contribution in [0.25, 0.3) is 0 Å². The van der Waals surface area contributed by atoms with Crippen molar-refractivity contribution in [1.29, 1.82) is 0 Å². The summed E-state index contributed by atoms with van der Waals surface area (Å²) < 4.78 is 29.8. The van der Waals surface area contributed by atoms with Crippen LogP contribution in [-0.2, 0) is 4.79 Å². The second-order valence-corrected chi connectivity index (χ2v) is 5.56. The predicted octanol–water partition coefficient (Wildman–Crippen LogP) is 2.56. The molecule has 0 bridgehead atoms. The molecule has 2 N–H and O–H groups in total. The first-order chi connectivity index (χ1) is 11.9. The van der Waals surface area contributed by atoms with Gasteiger partial charge in [-0.05, 0) is 18.9 Å². The maximum Gasteiger partial charge on any atom is 0.387 e. The summed E-state index contributed by atoms with van der Waals surface area (Å²) in [5, 5.41) is 16.0. The molecule has 0 aromatic heterocycles. The number of nitrogens with one attached hydrogen (secondary N) is 2. The summed E-state index contributed by atoms with van der Waals surface area (Å²) in [6.45, 7) is -3.16. The van der Waals surface area contributed by atoms with Crippen LogP contribution in [0.4, 0.5) is 19.3 Å². The largest absolute Gasteiger partial charge is 0.434 e. The van der Waals surface area contributed by atoms with Crippen molar-refractivity contribution in [2.75, 3.05) is 0 Å². The highest BCUT2D eigenvalue weighted by Crippen LogP contribution is 2.39. The molecular formula is C15H13F2N3O5. The number of hydrogen-bond donors (Lipinski definition) is 2. The highest BCUT2D eigenvalue weighted by Gasteiger charge is 2.36. The lowest BCUT2D eigenvalue weighted by Gasteiger charge is -2.32. The molecule has 1 aromatic rings. The van der Waals surface area contributed by atoms with Crippen LogP contribution >= 0.6 is 0 Å². The Morgan fingerprint density at radius 1 is 1.28 bits per heavy atom. The van der Waals surface area contributed by atoms with Crippen LogP contribution in [0.5, 0.6) is 5.75 Å². The third kappa shape index (κ3) is 3.28. The number of hydrogen-bond acceptors (Lipinski definition) is 5. The van der Waals surface area contributed by atoms with Gasteiger partial charge < -0.3 is 15.4 Å². The highest BCUT2D eigenvalue weighted by molar-refractivity contribution is 6.01. The molecule has 132 valence electrons. The van der Waals surface area contributed by atoms with E-state index in [1.807, 2.05) is 0 Å². The Morgan fingerprint density at radius 2 is 2.04 bits per heavy atom. The van der Waals surface area contributed by atoms with Crippen molar-refractivity contribution in [3.05, 3.63) is 45.1 Å². The van der Waals surface area contributed by atoms with Gasteiger partial charge in [0.1, 0.15) is 5.75 Å². The van der Waals surface area contributed by atoms with Gasteiger partial charge >= 0.3 is 12.6 Å². The van der Waals surface area contributed by atoms with E-state index in [1.165, 1.54) is 0 Å². The van der Waals surface area contributed by atoms with Gasteiger partial charge in [-0.1, -0.05) is 0 Å². The van der Waals surface area contributed by atoms with Crippen LogP contribution < -0.4 is 15.4 Å². The number of ether oxygens (including phenoxy) is 1. The number of Topliss-reactive ketones (excluding diaryl/α,β-unsaturated/α-hetero) is 1. The number of urea groups is 1. The number of allylic oxidation sites excluding steroid dienone is 1. The van der Waals surface area contributed by atoms with Crippen LogP contribution in [0.2, 0.25) is 0 Å². The topological polar surface area (TPSA) is 111 Å². The van der Waals surface area contributed by atoms with Crippen molar-refractivity contribution < 1.29 is 28.0 Å². The summed E-state index contributed by atoms with van der Waals surface area (Å²) >= 11 is 0. The number of halogens is 2. The summed E-state index contributed by atoms with van der Waals surface area (Å²) in [6, 6.07) is 1.36. The molecule has 1 aliphatic heterocycles. The summed E-state index contributed by atoms with van der Waals surface area (Å²) in [4.78, 5) is 34.5. The molecule has 2 amide bonds. The maximum atomic E-state index is 12.7. The lowest BCUT2D eigenvalue weighted by molar-refractivity contribution is -0.385. The normalized spacial score (nSPS) is 20.0. The van der Waals surface area contributed by atoms with Gasteiger partial charge in [0.25, 0.3) is 5.69 Å². The van der Waals surface area contributed by atoms with E-state index in [9.17, 15) is 28.5 Å². The van der Waals surface area contributed by atoms with Gasteiger partial charge in [0.2, 0.25) is 0 Å². The van der Waals surface area contributed by atoms with E-state index in [0.29, 0.717) is 18.5 Å². The number of benzene rings is 1. The summed E-state index contributed by atoms with van der Waals surface area (Å²) in [5.41, 5.74) is 0.187. The Balaban J connectivity index is 2.14.